The van der Waals surface area contributed by atoms with Crippen molar-refractivity contribution in [2.45, 2.75) is 265 Å². The van der Waals surface area contributed by atoms with Crippen molar-refractivity contribution in [2.75, 3.05) is 33.4 Å². The molecule has 0 aromatic carbocycles. The van der Waals surface area contributed by atoms with E-state index in [4.69, 9.17) is 15.2 Å². The summed E-state index contributed by atoms with van der Waals surface area (Å²) in [4.78, 5) is 16.2. The first-order valence-corrected chi connectivity index (χ1v) is 33.4. The smallest absolute Gasteiger partial charge is 0.182 e. The van der Waals surface area contributed by atoms with Gasteiger partial charge in [0.15, 0.2) is 5.78 Å². The first kappa shape index (κ1) is 62.3. The zero-order chi connectivity index (χ0) is 58.9. The van der Waals surface area contributed by atoms with Crippen LogP contribution in [0.25, 0.3) is 0 Å². The summed E-state index contributed by atoms with van der Waals surface area (Å²) >= 11 is 0. The van der Waals surface area contributed by atoms with Crippen LogP contribution in [-0.2, 0) is 14.3 Å². The van der Waals surface area contributed by atoms with Gasteiger partial charge in [0.25, 0.3) is 0 Å². The van der Waals surface area contributed by atoms with Crippen LogP contribution in [0.3, 0.4) is 0 Å². The zero-order valence-electron chi connectivity index (χ0n) is 50.8. The molecule has 1 spiro atoms. The van der Waals surface area contributed by atoms with Gasteiger partial charge in [-0.05, 0) is 207 Å². The van der Waals surface area contributed by atoms with Crippen LogP contribution in [-0.4, -0.2) is 156 Å². The van der Waals surface area contributed by atoms with Crippen molar-refractivity contribution in [1.29, 1.82) is 0 Å². The number of hydrogen-bond donors (Lipinski definition) is 13. The lowest BCUT2D eigenvalue weighted by Crippen LogP contribution is -2.74. The number of nitrogens with two attached hydrogens (primary N) is 1. The van der Waals surface area contributed by atoms with Gasteiger partial charge in [-0.25, -0.2) is 0 Å². The Labute approximate surface area is 495 Å². The van der Waals surface area contributed by atoms with Crippen LogP contribution >= 0.6 is 0 Å². The minimum absolute atomic E-state index is 0.00591. The quantitative estimate of drug-likeness (QED) is 0.0702. The third-order valence-electron chi connectivity index (χ3n) is 25.1. The average molecular weight is 1160 g/mol. The first-order valence-electron chi connectivity index (χ1n) is 33.4. The van der Waals surface area contributed by atoms with Crippen molar-refractivity contribution in [1.82, 2.24) is 16.0 Å². The maximum absolute atomic E-state index is 16.2. The molecule has 0 radical (unpaired) electrons. The summed E-state index contributed by atoms with van der Waals surface area (Å²) in [5.74, 6) is -3.73. The molecule has 0 bridgehead atoms. The second kappa shape index (κ2) is 24.2. The highest BCUT2D eigenvalue weighted by molar-refractivity contribution is 6.00. The molecule has 11 rings (SSSR count). The van der Waals surface area contributed by atoms with Gasteiger partial charge in [0, 0.05) is 61.1 Å². The number of hydrogen-bond acceptors (Lipinski definition) is 16. The number of allylic oxidation sites excluding steroid dienone is 5. The second-order valence-corrected chi connectivity index (χ2v) is 29.7. The largest absolute Gasteiger partial charge is 0.396 e. The van der Waals surface area contributed by atoms with Gasteiger partial charge in [-0.15, -0.1) is 0 Å². The molecule has 8 fully saturated rings. The molecule has 16 heteroatoms. The maximum atomic E-state index is 16.2. The number of ketones is 1. The van der Waals surface area contributed by atoms with Gasteiger partial charge >= 0.3 is 0 Å². The molecule has 2 heterocycles. The van der Waals surface area contributed by atoms with E-state index in [0.717, 1.165) is 88.4 Å². The molecule has 83 heavy (non-hydrogen) atoms. The van der Waals surface area contributed by atoms with Crippen LogP contribution in [0.15, 0.2) is 46.8 Å². The predicted molar refractivity (Wildman–Crippen MR) is 317 cm³/mol. The number of nitrogens with one attached hydrogen (secondary N) is 3. The van der Waals surface area contributed by atoms with E-state index in [0.29, 0.717) is 56.6 Å². The number of carbonyl (C=O) groups is 1. The van der Waals surface area contributed by atoms with Gasteiger partial charge < -0.3 is 77.1 Å². The molecular formula is C67H108N4O12. The monoisotopic (exact) mass is 1160 g/mol. The van der Waals surface area contributed by atoms with Crippen molar-refractivity contribution in [3.8, 4) is 0 Å². The van der Waals surface area contributed by atoms with Gasteiger partial charge in [-0.1, -0.05) is 63.7 Å². The molecule has 0 aromatic rings. The van der Waals surface area contributed by atoms with Gasteiger partial charge in [0.2, 0.25) is 0 Å². The minimum Gasteiger partial charge on any atom is -0.396 e. The zero-order valence-corrected chi connectivity index (χ0v) is 50.8. The number of aliphatic hydroxyl groups is 9. The number of ether oxygens (including phenoxy) is 2. The van der Waals surface area contributed by atoms with Gasteiger partial charge in [0.1, 0.15) is 5.60 Å². The van der Waals surface area contributed by atoms with Gasteiger partial charge in [-0.2, -0.15) is 0 Å². The maximum Gasteiger partial charge on any atom is 0.182 e. The van der Waals surface area contributed by atoms with Crippen LogP contribution in [0.4, 0.5) is 0 Å². The van der Waals surface area contributed by atoms with Crippen LogP contribution in [0.1, 0.15) is 194 Å². The van der Waals surface area contributed by atoms with E-state index in [1.807, 2.05) is 31.4 Å². The molecule has 16 nitrogen and oxygen atoms in total. The molecule has 0 aromatic heterocycles. The summed E-state index contributed by atoms with van der Waals surface area (Å²) in [6.07, 6.45) is 20.4. The van der Waals surface area contributed by atoms with E-state index in [9.17, 15) is 40.9 Å². The van der Waals surface area contributed by atoms with E-state index < -0.39 is 99.5 Å². The highest BCUT2D eigenvalue weighted by Gasteiger charge is 2.80. The van der Waals surface area contributed by atoms with Crippen LogP contribution in [0.2, 0.25) is 0 Å². The van der Waals surface area contributed by atoms with E-state index in [2.05, 4.69) is 22.9 Å². The molecule has 20 atom stereocenters. The van der Waals surface area contributed by atoms with Crippen molar-refractivity contribution in [3.05, 3.63) is 46.8 Å². The number of aliphatic hydroxyl groups excluding tert-OH is 5. The Bertz CT molecular complexity index is 2430. The Morgan fingerprint density at radius 2 is 1.67 bits per heavy atom. The lowest BCUT2D eigenvalue weighted by molar-refractivity contribution is -0.277. The van der Waals surface area contributed by atoms with E-state index in [1.54, 1.807) is 13.8 Å². The number of carbonyl (C=O) groups excluding carboxylic acids is 1. The summed E-state index contributed by atoms with van der Waals surface area (Å²) in [6.45, 7) is 6.96. The number of Topliss-reactive ketones (excluding diaryl/α,β-unsaturated/α-hetero) is 1. The lowest BCUT2D eigenvalue weighted by Gasteiger charge is -2.69. The van der Waals surface area contributed by atoms with Crippen LogP contribution in [0, 0.1) is 63.6 Å². The molecule has 1 saturated heterocycles. The highest BCUT2D eigenvalue weighted by Crippen LogP contribution is 2.77. The van der Waals surface area contributed by atoms with Crippen LogP contribution in [0.5, 0.6) is 0 Å². The molecule has 468 valence electrons. The van der Waals surface area contributed by atoms with Gasteiger partial charge in [0.05, 0.1) is 71.4 Å². The first-order chi connectivity index (χ1) is 39.6. The third kappa shape index (κ3) is 10.6. The fourth-order valence-electron chi connectivity index (χ4n) is 21.4. The van der Waals surface area contributed by atoms with Crippen molar-refractivity contribution in [3.63, 3.8) is 0 Å². The molecular weight excluding hydrogens is 1050 g/mol. The molecule has 2 aliphatic heterocycles. The van der Waals surface area contributed by atoms with Crippen molar-refractivity contribution >= 4 is 5.78 Å². The normalized spacial score (nSPS) is 46.6. The van der Waals surface area contributed by atoms with Crippen molar-refractivity contribution < 1.29 is 60.2 Å². The standard InChI is InChI=1S/C67H108N4O12/c1-5-11-41-16-18-46-52(20-17-41)83-60-55(46)49(74)15-9-26-67(60,81)61(3,78)53-25-30-66(80)56-57(70-37-40(2)73)58(77)47-34-50(75)51(76)36-63(47)35-42(45-19-21-54(68)71-48(45)14-10-32-72)22-29-64(79,59(56)63)38-65(53,66)43-23-27-62(28-24-43,39-69-4)31-33-82-44-12-7-6-8-13-44/h19,21-22,29,40-44,46-47,49-55,59-60,69-76,78-81H,5-18,20,23-28,30-39,68H2,1-4H3/t40-,41+,42+,43?,46+,47-,49-,50+,51-,52+,53+,54?,55+,59-,60+,61+,62?,63-,64+,65-,66+,67+/m0/s1. The number of fused-ring (bicyclic) bond motifs is 5. The number of rotatable bonds is 18. The second-order valence-electron chi connectivity index (χ2n) is 29.7. The third-order valence-corrected chi connectivity index (χ3v) is 25.1. The van der Waals surface area contributed by atoms with E-state index >= 15 is 9.90 Å². The summed E-state index contributed by atoms with van der Waals surface area (Å²) in [5.41, 5.74) is -1.67. The van der Waals surface area contributed by atoms with Crippen molar-refractivity contribution in [2.24, 2.45) is 69.3 Å². The summed E-state index contributed by atoms with van der Waals surface area (Å²) < 4.78 is 13.9. The van der Waals surface area contributed by atoms with Crippen LogP contribution < -0.4 is 21.7 Å². The summed E-state index contributed by atoms with van der Waals surface area (Å²) in [6, 6.07) is 0. The number of dihydropyridines is 1. The fourth-order valence-corrected chi connectivity index (χ4v) is 21.4. The SMILES string of the molecule is CCC[C@@H]1CC[C@H]2[C@H]3[C@@H](O[C@@H]2CC1)[C@@](O)([C@](C)(O)[C@H]1CC[C@@]2(O)C4=C(NC[C@H](C)O)C(=O)[C@@H]5C[C@@H](O)[C@@H](O)C[C@@]56C[C@H](C5=C(CCCO)NC(N)C=C5)C=C[C@@](O)(C[C@]12C1CCC(CCOC2CCCCC2)(CNC)CC1)[C@@H]46)CCC[C@@H]3O. The van der Waals surface area contributed by atoms with E-state index in [1.165, 1.54) is 19.3 Å². The van der Waals surface area contributed by atoms with Gasteiger partial charge in [-0.3, -0.25) is 4.79 Å². The molecule has 14 N–H and O–H groups in total. The average Bonchev–Trinajstić information content (AvgIpc) is 1.86. The Morgan fingerprint density at radius 1 is 0.916 bits per heavy atom. The molecule has 1 unspecified atom stereocenters. The highest BCUT2D eigenvalue weighted by atomic mass is 16.5. The molecule has 7 saturated carbocycles. The molecule has 0 amide bonds. The molecule has 9 aliphatic carbocycles. The Balaban J connectivity index is 1.09. The van der Waals surface area contributed by atoms with E-state index in [-0.39, 0.29) is 99.0 Å². The predicted octanol–water partition coefficient (Wildman–Crippen LogP) is 5.99. The summed E-state index contributed by atoms with van der Waals surface area (Å²) in [7, 11) is 2.00. The fraction of sp³-hybridized carbons (Fsp3) is 0.866. The Morgan fingerprint density at radius 3 is 2.40 bits per heavy atom. The Kier molecular flexibility index (Phi) is 18.2. The molecule has 11 aliphatic rings. The summed E-state index contributed by atoms with van der Waals surface area (Å²) in [5, 5.41) is 126. The topological polar surface area (TPSA) is 280 Å². The lowest BCUT2D eigenvalue weighted by atomic mass is 9.37. The Hall–Kier alpha value is -2.29. The minimum atomic E-state index is -1.98.